The quantitative estimate of drug-likeness (QED) is 0.619. The molecule has 140 valence electrons. The highest BCUT2D eigenvalue weighted by Gasteiger charge is 2.10. The van der Waals surface area contributed by atoms with Crippen molar-refractivity contribution >= 4 is 5.91 Å². The summed E-state index contributed by atoms with van der Waals surface area (Å²) in [4.78, 5) is 11.9. The van der Waals surface area contributed by atoms with Gasteiger partial charge in [-0.3, -0.25) is 4.79 Å². The number of nitrogens with one attached hydrogen (secondary N) is 1. The van der Waals surface area contributed by atoms with Crippen LogP contribution in [0, 0.1) is 13.8 Å². The van der Waals surface area contributed by atoms with Crippen molar-refractivity contribution in [3.63, 3.8) is 0 Å². The summed E-state index contributed by atoms with van der Waals surface area (Å²) in [5, 5.41) is 10.9. The highest BCUT2D eigenvalue weighted by molar-refractivity contribution is 5.76. The summed E-state index contributed by atoms with van der Waals surface area (Å²) in [5.74, 6) is 1.65. The van der Waals surface area contributed by atoms with E-state index in [1.165, 1.54) is 11.1 Å². The molecule has 3 rings (SSSR count). The van der Waals surface area contributed by atoms with E-state index in [2.05, 4.69) is 15.5 Å². The number of aryl methyl sites for hydroxylation is 3. The second-order valence-corrected chi connectivity index (χ2v) is 6.38. The summed E-state index contributed by atoms with van der Waals surface area (Å²) in [5.41, 5.74) is 3.22. The zero-order chi connectivity index (χ0) is 19.1. The topological polar surface area (TPSA) is 77.2 Å². The minimum absolute atomic E-state index is 0.0717. The van der Waals surface area contributed by atoms with Gasteiger partial charge in [0.25, 0.3) is 0 Å². The van der Waals surface area contributed by atoms with Gasteiger partial charge < -0.3 is 14.5 Å². The molecule has 2 aromatic carbocycles. The molecule has 1 amide bonds. The largest absolute Gasteiger partial charge is 0.492 e. The molecule has 0 aliphatic carbocycles. The lowest BCUT2D eigenvalue weighted by molar-refractivity contribution is -0.121. The van der Waals surface area contributed by atoms with E-state index < -0.39 is 0 Å². The van der Waals surface area contributed by atoms with Gasteiger partial charge in [-0.15, -0.1) is 10.2 Å². The first-order chi connectivity index (χ1) is 13.1. The summed E-state index contributed by atoms with van der Waals surface area (Å²) < 4.78 is 11.2. The summed E-state index contributed by atoms with van der Waals surface area (Å²) in [7, 11) is 0. The van der Waals surface area contributed by atoms with Crippen molar-refractivity contribution in [2.75, 3.05) is 13.2 Å². The van der Waals surface area contributed by atoms with Gasteiger partial charge in [0, 0.05) is 18.4 Å². The van der Waals surface area contributed by atoms with Gasteiger partial charge in [0.2, 0.25) is 17.7 Å². The molecule has 6 nitrogen and oxygen atoms in total. The van der Waals surface area contributed by atoms with Gasteiger partial charge >= 0.3 is 0 Å². The van der Waals surface area contributed by atoms with Gasteiger partial charge in [0.1, 0.15) is 12.4 Å². The maximum absolute atomic E-state index is 11.9. The highest BCUT2D eigenvalue weighted by atomic mass is 16.5. The summed E-state index contributed by atoms with van der Waals surface area (Å²) in [6.07, 6.45) is 0.698. The van der Waals surface area contributed by atoms with Gasteiger partial charge in [-0.05, 0) is 38.1 Å². The first kappa shape index (κ1) is 18.6. The van der Waals surface area contributed by atoms with Gasteiger partial charge in [-0.25, -0.2) is 0 Å². The van der Waals surface area contributed by atoms with Crippen molar-refractivity contribution in [3.8, 4) is 17.2 Å². The van der Waals surface area contributed by atoms with Crippen LogP contribution in [-0.4, -0.2) is 29.3 Å². The molecule has 1 aromatic heterocycles. The second kappa shape index (κ2) is 8.98. The standard InChI is InChI=1S/C21H23N3O3/c1-15-3-7-17(8-4-15)21-24-23-20(27-21)12-11-19(25)22-13-14-26-18-9-5-16(2)6-10-18/h3-10H,11-14H2,1-2H3,(H,22,25). The molecule has 0 fully saturated rings. The van der Waals surface area contributed by atoms with Crippen LogP contribution < -0.4 is 10.1 Å². The summed E-state index contributed by atoms with van der Waals surface area (Å²) in [6, 6.07) is 15.7. The number of aromatic nitrogens is 2. The van der Waals surface area contributed by atoms with E-state index in [4.69, 9.17) is 9.15 Å². The van der Waals surface area contributed by atoms with E-state index >= 15 is 0 Å². The van der Waals surface area contributed by atoms with Crippen molar-refractivity contribution in [1.29, 1.82) is 0 Å². The van der Waals surface area contributed by atoms with Gasteiger partial charge in [-0.1, -0.05) is 35.4 Å². The molecule has 1 heterocycles. The van der Waals surface area contributed by atoms with Crippen LogP contribution in [0.15, 0.2) is 52.9 Å². The van der Waals surface area contributed by atoms with Crippen molar-refractivity contribution in [3.05, 3.63) is 65.5 Å². The van der Waals surface area contributed by atoms with E-state index in [1.807, 2.05) is 62.4 Å². The Morgan fingerprint density at radius 2 is 1.67 bits per heavy atom. The number of carbonyl (C=O) groups excluding carboxylic acids is 1. The van der Waals surface area contributed by atoms with E-state index in [1.54, 1.807) is 0 Å². The summed E-state index contributed by atoms with van der Waals surface area (Å²) >= 11 is 0. The molecule has 1 N–H and O–H groups in total. The number of hydrogen-bond donors (Lipinski definition) is 1. The molecular weight excluding hydrogens is 342 g/mol. The first-order valence-corrected chi connectivity index (χ1v) is 8.96. The fourth-order valence-corrected chi connectivity index (χ4v) is 2.47. The first-order valence-electron chi connectivity index (χ1n) is 8.96. The molecule has 6 heteroatoms. The molecule has 0 spiro atoms. The summed E-state index contributed by atoms with van der Waals surface area (Å²) in [6.45, 7) is 4.92. The molecule has 27 heavy (non-hydrogen) atoms. The molecule has 0 bridgehead atoms. The predicted molar refractivity (Wildman–Crippen MR) is 102 cm³/mol. The van der Waals surface area contributed by atoms with Crippen LogP contribution in [0.2, 0.25) is 0 Å². The van der Waals surface area contributed by atoms with Crippen molar-refractivity contribution in [2.45, 2.75) is 26.7 Å². The Morgan fingerprint density at radius 1 is 1.00 bits per heavy atom. The molecule has 0 aliphatic rings. The van der Waals surface area contributed by atoms with Crippen LogP contribution in [0.5, 0.6) is 5.75 Å². The van der Waals surface area contributed by atoms with Crippen molar-refractivity contribution in [2.24, 2.45) is 0 Å². The molecule has 0 atom stereocenters. The predicted octanol–water partition coefficient (Wildman–Crippen LogP) is 3.48. The minimum Gasteiger partial charge on any atom is -0.492 e. The van der Waals surface area contributed by atoms with Crippen molar-refractivity contribution in [1.82, 2.24) is 15.5 Å². The maximum atomic E-state index is 11.9. The molecule has 0 aliphatic heterocycles. The van der Waals surface area contributed by atoms with Crippen LogP contribution in [0.3, 0.4) is 0 Å². The van der Waals surface area contributed by atoms with Crippen LogP contribution in [0.4, 0.5) is 0 Å². The molecule has 3 aromatic rings. The van der Waals surface area contributed by atoms with Gasteiger partial charge in [0.15, 0.2) is 0 Å². The monoisotopic (exact) mass is 365 g/mol. The van der Waals surface area contributed by atoms with E-state index in [-0.39, 0.29) is 5.91 Å². The second-order valence-electron chi connectivity index (χ2n) is 6.38. The lowest BCUT2D eigenvalue weighted by atomic mass is 10.1. The molecular formula is C21H23N3O3. The minimum atomic E-state index is -0.0717. The van der Waals surface area contributed by atoms with E-state index in [0.717, 1.165) is 11.3 Å². The molecule has 0 radical (unpaired) electrons. The number of nitrogens with zero attached hydrogens (tertiary/aromatic N) is 2. The fraction of sp³-hybridized carbons (Fsp3) is 0.286. The van der Waals surface area contributed by atoms with E-state index in [9.17, 15) is 4.79 Å². The molecule has 0 saturated carbocycles. The normalized spacial score (nSPS) is 10.6. The zero-order valence-electron chi connectivity index (χ0n) is 15.6. The Bertz CT molecular complexity index is 870. The number of carbonyl (C=O) groups is 1. The maximum Gasteiger partial charge on any atom is 0.247 e. The van der Waals surface area contributed by atoms with Crippen molar-refractivity contribution < 1.29 is 13.9 Å². The van der Waals surface area contributed by atoms with Gasteiger partial charge in [-0.2, -0.15) is 0 Å². The fourth-order valence-electron chi connectivity index (χ4n) is 2.47. The van der Waals surface area contributed by atoms with E-state index in [0.29, 0.717) is 37.8 Å². The third kappa shape index (κ3) is 5.67. The Hall–Kier alpha value is -3.15. The van der Waals surface area contributed by atoms with Crippen LogP contribution in [-0.2, 0) is 11.2 Å². The third-order valence-corrected chi connectivity index (χ3v) is 4.05. The van der Waals surface area contributed by atoms with Crippen LogP contribution >= 0.6 is 0 Å². The number of ether oxygens (including phenoxy) is 1. The molecule has 0 unspecified atom stereocenters. The average molecular weight is 365 g/mol. The Kier molecular flexibility index (Phi) is 6.20. The molecule has 0 saturated heterocycles. The zero-order valence-corrected chi connectivity index (χ0v) is 15.6. The number of hydrogen-bond acceptors (Lipinski definition) is 5. The number of benzene rings is 2. The van der Waals surface area contributed by atoms with Gasteiger partial charge in [0.05, 0.1) is 6.54 Å². The number of rotatable bonds is 8. The SMILES string of the molecule is Cc1ccc(OCCNC(=O)CCc2nnc(-c3ccc(C)cc3)o2)cc1. The van der Waals surface area contributed by atoms with Crippen LogP contribution in [0.25, 0.3) is 11.5 Å². The average Bonchev–Trinajstić information content (AvgIpc) is 3.14. The lowest BCUT2D eigenvalue weighted by Crippen LogP contribution is -2.28. The third-order valence-electron chi connectivity index (χ3n) is 4.05. The Balaban J connectivity index is 1.38. The lowest BCUT2D eigenvalue weighted by Gasteiger charge is -2.07. The highest BCUT2D eigenvalue weighted by Crippen LogP contribution is 2.18. The van der Waals surface area contributed by atoms with Crippen LogP contribution in [0.1, 0.15) is 23.4 Å². The number of amides is 1. The Morgan fingerprint density at radius 3 is 2.37 bits per heavy atom. The Labute approximate surface area is 158 Å². The smallest absolute Gasteiger partial charge is 0.247 e.